The second kappa shape index (κ2) is 9.11. The maximum atomic E-state index is 12.4. The van der Waals surface area contributed by atoms with Crippen molar-refractivity contribution in [3.8, 4) is 5.75 Å². The number of nitro benzene ring substituents is 1. The van der Waals surface area contributed by atoms with E-state index in [0.29, 0.717) is 48.5 Å². The number of hydrogen-bond acceptors (Lipinski definition) is 6. The highest BCUT2D eigenvalue weighted by atomic mass is 35.5. The fraction of sp³-hybridized carbons (Fsp3) is 0.350. The molecule has 1 fully saturated rings. The van der Waals surface area contributed by atoms with Crippen molar-refractivity contribution in [1.82, 2.24) is 0 Å². The average molecular weight is 420 g/mol. The van der Waals surface area contributed by atoms with Crippen LogP contribution < -0.4 is 15.0 Å². The van der Waals surface area contributed by atoms with Crippen molar-refractivity contribution in [3.05, 3.63) is 56.6 Å². The smallest absolute Gasteiger partial charge is 0.271 e. The van der Waals surface area contributed by atoms with Gasteiger partial charge in [0.05, 0.1) is 29.5 Å². The van der Waals surface area contributed by atoms with Crippen molar-refractivity contribution < 1.29 is 19.2 Å². The molecule has 1 saturated heterocycles. The molecule has 0 unspecified atom stereocenters. The van der Waals surface area contributed by atoms with Gasteiger partial charge in [-0.1, -0.05) is 11.6 Å². The summed E-state index contributed by atoms with van der Waals surface area (Å²) in [7, 11) is 0. The average Bonchev–Trinajstić information content (AvgIpc) is 2.71. The minimum absolute atomic E-state index is 0.0344. The van der Waals surface area contributed by atoms with Crippen molar-refractivity contribution in [1.29, 1.82) is 0 Å². The Bertz CT molecular complexity index is 905. The standard InChI is InChI=1S/C20H22ClN3O5/c1-13-9-16(10-14(2)20(13)21)29-12-19(25)22-17-4-3-15(24(26)27)11-18(17)23-5-7-28-8-6-23/h3-4,9-11H,5-8,12H2,1-2H3,(H,22,25). The first kappa shape index (κ1) is 20.9. The van der Waals surface area contributed by atoms with Crippen LogP contribution in [0.4, 0.5) is 17.1 Å². The van der Waals surface area contributed by atoms with Crippen LogP contribution in [0.1, 0.15) is 11.1 Å². The van der Waals surface area contributed by atoms with E-state index in [2.05, 4.69) is 5.32 Å². The Kier molecular flexibility index (Phi) is 6.56. The molecular weight excluding hydrogens is 398 g/mol. The van der Waals surface area contributed by atoms with E-state index in [0.717, 1.165) is 11.1 Å². The highest BCUT2D eigenvalue weighted by molar-refractivity contribution is 6.32. The van der Waals surface area contributed by atoms with Crippen molar-refractivity contribution in [3.63, 3.8) is 0 Å². The first-order valence-electron chi connectivity index (χ1n) is 9.15. The van der Waals surface area contributed by atoms with E-state index in [-0.39, 0.29) is 18.2 Å². The van der Waals surface area contributed by atoms with Crippen LogP contribution in [-0.2, 0) is 9.53 Å². The van der Waals surface area contributed by atoms with Crippen molar-refractivity contribution in [2.75, 3.05) is 43.1 Å². The van der Waals surface area contributed by atoms with Crippen LogP contribution in [-0.4, -0.2) is 43.7 Å². The minimum atomic E-state index is -0.455. The van der Waals surface area contributed by atoms with E-state index in [1.54, 1.807) is 12.1 Å². The molecule has 29 heavy (non-hydrogen) atoms. The van der Waals surface area contributed by atoms with E-state index in [1.165, 1.54) is 18.2 Å². The number of anilines is 2. The Morgan fingerprint density at radius 2 is 1.90 bits per heavy atom. The number of rotatable bonds is 6. The predicted molar refractivity (Wildman–Crippen MR) is 111 cm³/mol. The molecule has 0 aromatic heterocycles. The monoisotopic (exact) mass is 419 g/mol. The number of ether oxygens (including phenoxy) is 2. The largest absolute Gasteiger partial charge is 0.484 e. The molecule has 2 aromatic carbocycles. The van der Waals surface area contributed by atoms with E-state index in [9.17, 15) is 14.9 Å². The Hall–Kier alpha value is -2.84. The molecule has 0 atom stereocenters. The van der Waals surface area contributed by atoms with Gasteiger partial charge in [-0.05, 0) is 43.2 Å². The molecule has 154 valence electrons. The molecule has 0 aliphatic carbocycles. The highest BCUT2D eigenvalue weighted by Gasteiger charge is 2.20. The molecule has 3 rings (SSSR count). The zero-order valence-electron chi connectivity index (χ0n) is 16.2. The van der Waals surface area contributed by atoms with Crippen molar-refractivity contribution in [2.24, 2.45) is 0 Å². The number of aryl methyl sites for hydroxylation is 2. The van der Waals surface area contributed by atoms with E-state index < -0.39 is 4.92 Å². The van der Waals surface area contributed by atoms with Gasteiger partial charge in [0.25, 0.3) is 11.6 Å². The number of non-ortho nitro benzene ring substituents is 1. The fourth-order valence-corrected chi connectivity index (χ4v) is 3.24. The van der Waals surface area contributed by atoms with Gasteiger partial charge in [-0.3, -0.25) is 14.9 Å². The van der Waals surface area contributed by atoms with Crippen LogP contribution in [0.2, 0.25) is 5.02 Å². The number of nitro groups is 1. The number of benzene rings is 2. The molecule has 0 saturated carbocycles. The highest BCUT2D eigenvalue weighted by Crippen LogP contribution is 2.31. The van der Waals surface area contributed by atoms with Crippen LogP contribution in [0.25, 0.3) is 0 Å². The molecule has 0 radical (unpaired) electrons. The first-order chi connectivity index (χ1) is 13.8. The number of carbonyl (C=O) groups excluding carboxylic acids is 1. The molecule has 1 N–H and O–H groups in total. The van der Waals surface area contributed by atoms with Gasteiger partial charge in [0.1, 0.15) is 5.75 Å². The van der Waals surface area contributed by atoms with Crippen molar-refractivity contribution in [2.45, 2.75) is 13.8 Å². The molecule has 9 heteroatoms. The molecule has 0 spiro atoms. The van der Waals surface area contributed by atoms with Gasteiger partial charge in [-0.25, -0.2) is 0 Å². The SMILES string of the molecule is Cc1cc(OCC(=O)Nc2ccc([N+](=O)[O-])cc2N2CCOCC2)cc(C)c1Cl. The number of halogens is 1. The second-order valence-electron chi connectivity index (χ2n) is 6.77. The van der Waals surface area contributed by atoms with E-state index >= 15 is 0 Å². The van der Waals surface area contributed by atoms with Gasteiger partial charge in [-0.2, -0.15) is 0 Å². The molecule has 1 aliphatic rings. The van der Waals surface area contributed by atoms with Crippen LogP contribution in [0.5, 0.6) is 5.75 Å². The Morgan fingerprint density at radius 1 is 1.24 bits per heavy atom. The number of nitrogens with one attached hydrogen (secondary N) is 1. The quantitative estimate of drug-likeness (QED) is 0.566. The summed E-state index contributed by atoms with van der Waals surface area (Å²) in [5.74, 6) is 0.190. The van der Waals surface area contributed by atoms with E-state index in [4.69, 9.17) is 21.1 Å². The maximum absolute atomic E-state index is 12.4. The zero-order chi connectivity index (χ0) is 21.0. The summed E-state index contributed by atoms with van der Waals surface area (Å²) in [4.78, 5) is 25.1. The van der Waals surface area contributed by atoms with Crippen LogP contribution >= 0.6 is 11.6 Å². The predicted octanol–water partition coefficient (Wildman–Crippen LogP) is 3.72. The first-order valence-corrected chi connectivity index (χ1v) is 9.53. The maximum Gasteiger partial charge on any atom is 0.271 e. The van der Waals surface area contributed by atoms with Crippen LogP contribution in [0.3, 0.4) is 0 Å². The lowest BCUT2D eigenvalue weighted by Gasteiger charge is -2.30. The van der Waals surface area contributed by atoms with Gasteiger partial charge in [0.15, 0.2) is 6.61 Å². The zero-order valence-corrected chi connectivity index (χ0v) is 17.0. The molecule has 1 heterocycles. The molecule has 1 amide bonds. The van der Waals surface area contributed by atoms with Crippen molar-refractivity contribution >= 4 is 34.6 Å². The molecule has 1 aliphatic heterocycles. The third-order valence-corrected chi connectivity index (χ3v) is 5.19. The number of amides is 1. The summed E-state index contributed by atoms with van der Waals surface area (Å²) in [6.07, 6.45) is 0. The summed E-state index contributed by atoms with van der Waals surface area (Å²) in [6, 6.07) is 7.92. The number of carbonyl (C=O) groups is 1. The van der Waals surface area contributed by atoms with Gasteiger partial charge < -0.3 is 19.7 Å². The lowest BCUT2D eigenvalue weighted by molar-refractivity contribution is -0.384. The van der Waals surface area contributed by atoms with E-state index in [1.807, 2.05) is 18.7 Å². The molecule has 0 bridgehead atoms. The van der Waals surface area contributed by atoms with Gasteiger partial charge in [0.2, 0.25) is 0 Å². The van der Waals surface area contributed by atoms with Crippen LogP contribution in [0, 0.1) is 24.0 Å². The molecule has 8 nitrogen and oxygen atoms in total. The fourth-order valence-electron chi connectivity index (χ4n) is 3.13. The summed E-state index contributed by atoms with van der Waals surface area (Å²) in [5.41, 5.74) is 2.79. The lowest BCUT2D eigenvalue weighted by atomic mass is 10.1. The second-order valence-corrected chi connectivity index (χ2v) is 7.14. The topological polar surface area (TPSA) is 93.9 Å². The third kappa shape index (κ3) is 5.16. The normalized spacial score (nSPS) is 13.8. The lowest BCUT2D eigenvalue weighted by Crippen LogP contribution is -2.37. The third-order valence-electron chi connectivity index (χ3n) is 4.60. The van der Waals surface area contributed by atoms with Gasteiger partial charge >= 0.3 is 0 Å². The minimum Gasteiger partial charge on any atom is -0.484 e. The molecular formula is C20H22ClN3O5. The Labute approximate surface area is 173 Å². The van der Waals surface area contributed by atoms with Gasteiger partial charge in [-0.15, -0.1) is 0 Å². The Balaban J connectivity index is 1.73. The number of nitrogens with zero attached hydrogens (tertiary/aromatic N) is 2. The number of hydrogen-bond donors (Lipinski definition) is 1. The number of morpholine rings is 1. The summed E-state index contributed by atoms with van der Waals surface area (Å²) in [6.45, 7) is 5.76. The van der Waals surface area contributed by atoms with Gasteiger partial charge in [0, 0.05) is 30.2 Å². The summed E-state index contributed by atoms with van der Waals surface area (Å²) < 4.78 is 10.9. The summed E-state index contributed by atoms with van der Waals surface area (Å²) >= 11 is 6.15. The van der Waals surface area contributed by atoms with Crippen LogP contribution in [0.15, 0.2) is 30.3 Å². The molecule has 2 aromatic rings. The summed E-state index contributed by atoms with van der Waals surface area (Å²) in [5, 5.41) is 14.6. The Morgan fingerprint density at radius 3 is 2.52 bits per heavy atom.